The normalized spacial score (nSPS) is 12.6. The van der Waals surface area contributed by atoms with Crippen molar-refractivity contribution in [2.45, 2.75) is 39.7 Å². The Kier molecular flexibility index (Phi) is 6.02. The Hall–Kier alpha value is -1.36. The lowest BCUT2D eigenvalue weighted by Crippen LogP contribution is -2.30. The van der Waals surface area contributed by atoms with Crippen LogP contribution in [0.2, 0.25) is 0 Å². The molecule has 0 aliphatic rings. The summed E-state index contributed by atoms with van der Waals surface area (Å²) in [5, 5.41) is 6.63. The molecule has 0 aromatic carbocycles. The molecule has 1 atom stereocenters. The molecule has 1 aromatic heterocycles. The third-order valence-corrected chi connectivity index (χ3v) is 2.92. The Morgan fingerprint density at radius 2 is 1.84 bits per heavy atom. The van der Waals surface area contributed by atoms with E-state index < -0.39 is 0 Å². The predicted octanol–water partition coefficient (Wildman–Crippen LogP) is 2.14. The summed E-state index contributed by atoms with van der Waals surface area (Å²) in [4.78, 5) is 11.3. The van der Waals surface area contributed by atoms with E-state index in [1.54, 1.807) is 0 Å². The van der Waals surface area contributed by atoms with E-state index in [2.05, 4.69) is 53.4 Å². The van der Waals surface area contributed by atoms with Crippen LogP contribution in [-0.2, 0) is 6.42 Å². The fraction of sp³-hybridized carbons (Fsp3) is 0.714. The van der Waals surface area contributed by atoms with Crippen molar-refractivity contribution in [3.05, 3.63) is 11.4 Å². The zero-order valence-corrected chi connectivity index (χ0v) is 13.0. The molecule has 1 heterocycles. The molecule has 0 fully saturated rings. The van der Waals surface area contributed by atoms with E-state index in [9.17, 15) is 0 Å². The summed E-state index contributed by atoms with van der Waals surface area (Å²) in [6, 6.07) is 0.350. The fourth-order valence-corrected chi connectivity index (χ4v) is 2.11. The number of likely N-dealkylation sites (N-methyl/N-ethyl adjacent to an activating group) is 1. The summed E-state index contributed by atoms with van der Waals surface area (Å²) in [7, 11) is 6.05. The number of hydrogen-bond donors (Lipinski definition) is 2. The molecule has 0 aliphatic carbocycles. The second-order valence-corrected chi connectivity index (χ2v) is 5.27. The molecule has 1 aromatic rings. The number of nitrogens with zero attached hydrogens (tertiary/aromatic N) is 3. The van der Waals surface area contributed by atoms with Crippen molar-refractivity contribution in [3.63, 3.8) is 0 Å². The Morgan fingerprint density at radius 1 is 1.21 bits per heavy atom. The van der Waals surface area contributed by atoms with Crippen molar-refractivity contribution < 1.29 is 0 Å². The maximum atomic E-state index is 4.64. The first kappa shape index (κ1) is 15.7. The maximum Gasteiger partial charge on any atom is 0.135 e. The minimum Gasteiger partial charge on any atom is -0.373 e. The highest BCUT2D eigenvalue weighted by Crippen LogP contribution is 2.20. The molecule has 108 valence electrons. The highest BCUT2D eigenvalue weighted by Gasteiger charge is 2.12. The number of nitrogens with one attached hydrogen (secondary N) is 2. The average Bonchev–Trinajstić information content (AvgIpc) is 2.32. The van der Waals surface area contributed by atoms with Gasteiger partial charge in [-0.25, -0.2) is 9.97 Å². The van der Waals surface area contributed by atoms with Gasteiger partial charge in [0.2, 0.25) is 0 Å². The smallest absolute Gasteiger partial charge is 0.135 e. The lowest BCUT2D eigenvalue weighted by Gasteiger charge is -2.21. The standard InChI is InChI=1S/C14H27N5/c1-7-8-12-17-13(15-4)11(3)14(18-12)16-10(2)9-19(5)6/h10H,7-9H2,1-6H3,(H2,15,16,17,18). The summed E-state index contributed by atoms with van der Waals surface area (Å²) in [5.74, 6) is 2.76. The number of rotatable bonds is 7. The second kappa shape index (κ2) is 7.28. The van der Waals surface area contributed by atoms with Crippen LogP contribution in [0.25, 0.3) is 0 Å². The number of aryl methyl sites for hydroxylation is 1. The fourth-order valence-electron chi connectivity index (χ4n) is 2.11. The van der Waals surface area contributed by atoms with Crippen molar-refractivity contribution in [2.75, 3.05) is 38.3 Å². The lowest BCUT2D eigenvalue weighted by atomic mass is 10.2. The molecule has 1 rings (SSSR count). The highest BCUT2D eigenvalue weighted by molar-refractivity contribution is 5.57. The first-order chi connectivity index (χ1) is 8.97. The molecule has 0 saturated heterocycles. The molecule has 0 aliphatic heterocycles. The third kappa shape index (κ3) is 4.67. The van der Waals surface area contributed by atoms with Crippen LogP contribution < -0.4 is 10.6 Å². The Morgan fingerprint density at radius 3 is 2.37 bits per heavy atom. The summed E-state index contributed by atoms with van der Waals surface area (Å²) < 4.78 is 0. The molecular formula is C14H27N5. The van der Waals surface area contributed by atoms with E-state index in [0.29, 0.717) is 6.04 Å². The topological polar surface area (TPSA) is 53.1 Å². The molecule has 1 unspecified atom stereocenters. The SMILES string of the molecule is CCCc1nc(NC)c(C)c(NC(C)CN(C)C)n1. The van der Waals surface area contributed by atoms with E-state index in [-0.39, 0.29) is 0 Å². The molecule has 0 amide bonds. The van der Waals surface area contributed by atoms with Crippen molar-refractivity contribution in [1.29, 1.82) is 0 Å². The number of aromatic nitrogens is 2. The summed E-state index contributed by atoms with van der Waals surface area (Å²) >= 11 is 0. The van der Waals surface area contributed by atoms with Gasteiger partial charge >= 0.3 is 0 Å². The van der Waals surface area contributed by atoms with Crippen LogP contribution >= 0.6 is 0 Å². The van der Waals surface area contributed by atoms with Crippen molar-refractivity contribution in [1.82, 2.24) is 14.9 Å². The number of hydrogen-bond acceptors (Lipinski definition) is 5. The van der Waals surface area contributed by atoms with Crippen molar-refractivity contribution >= 4 is 11.6 Å². The van der Waals surface area contributed by atoms with Crippen LogP contribution in [-0.4, -0.2) is 48.6 Å². The van der Waals surface area contributed by atoms with Gasteiger partial charge in [-0.3, -0.25) is 0 Å². The molecule has 0 saturated carbocycles. The van der Waals surface area contributed by atoms with Crippen molar-refractivity contribution in [2.24, 2.45) is 0 Å². The predicted molar refractivity (Wildman–Crippen MR) is 81.9 cm³/mol. The Bertz CT molecular complexity index is 403. The van der Waals surface area contributed by atoms with Crippen molar-refractivity contribution in [3.8, 4) is 0 Å². The molecule has 5 heteroatoms. The minimum atomic E-state index is 0.350. The van der Waals surface area contributed by atoms with Gasteiger partial charge in [0, 0.05) is 31.6 Å². The molecule has 0 radical (unpaired) electrons. The Labute approximate surface area is 116 Å². The van der Waals surface area contributed by atoms with Crippen LogP contribution in [0.4, 0.5) is 11.6 Å². The average molecular weight is 265 g/mol. The van der Waals surface area contributed by atoms with Gasteiger partial charge in [-0.2, -0.15) is 0 Å². The van der Waals surface area contributed by atoms with Crippen LogP contribution in [0.3, 0.4) is 0 Å². The minimum absolute atomic E-state index is 0.350. The van der Waals surface area contributed by atoms with Gasteiger partial charge in [0.25, 0.3) is 0 Å². The highest BCUT2D eigenvalue weighted by atomic mass is 15.1. The zero-order valence-electron chi connectivity index (χ0n) is 13.0. The van der Waals surface area contributed by atoms with Gasteiger partial charge in [0.1, 0.15) is 17.5 Å². The summed E-state index contributed by atoms with van der Waals surface area (Å²) in [5.41, 5.74) is 1.08. The second-order valence-electron chi connectivity index (χ2n) is 5.27. The first-order valence-electron chi connectivity index (χ1n) is 6.94. The quantitative estimate of drug-likeness (QED) is 0.791. The first-order valence-corrected chi connectivity index (χ1v) is 6.94. The largest absolute Gasteiger partial charge is 0.373 e. The number of anilines is 2. The lowest BCUT2D eigenvalue weighted by molar-refractivity contribution is 0.391. The van der Waals surface area contributed by atoms with Gasteiger partial charge in [0.15, 0.2) is 0 Å². The van der Waals surface area contributed by atoms with E-state index >= 15 is 0 Å². The van der Waals surface area contributed by atoms with Gasteiger partial charge in [-0.1, -0.05) is 6.92 Å². The van der Waals surface area contributed by atoms with Crippen LogP contribution in [0.5, 0.6) is 0 Å². The van der Waals surface area contributed by atoms with E-state index in [4.69, 9.17) is 0 Å². The van der Waals surface area contributed by atoms with Gasteiger partial charge in [-0.15, -0.1) is 0 Å². The molecule has 5 nitrogen and oxygen atoms in total. The van der Waals surface area contributed by atoms with Crippen LogP contribution in [0.15, 0.2) is 0 Å². The molecule has 19 heavy (non-hydrogen) atoms. The van der Waals surface area contributed by atoms with Gasteiger partial charge < -0.3 is 15.5 Å². The van der Waals surface area contributed by atoms with Gasteiger partial charge in [-0.05, 0) is 34.4 Å². The summed E-state index contributed by atoms with van der Waals surface area (Å²) in [6.07, 6.45) is 1.96. The maximum absolute atomic E-state index is 4.64. The molecular weight excluding hydrogens is 238 g/mol. The van der Waals surface area contributed by atoms with E-state index in [1.807, 2.05) is 14.0 Å². The molecule has 0 spiro atoms. The third-order valence-electron chi connectivity index (χ3n) is 2.92. The Balaban J connectivity index is 2.94. The van der Waals surface area contributed by atoms with Crippen LogP contribution in [0, 0.1) is 6.92 Å². The summed E-state index contributed by atoms with van der Waals surface area (Å²) in [6.45, 7) is 7.33. The van der Waals surface area contributed by atoms with Gasteiger partial charge in [0.05, 0.1) is 0 Å². The molecule has 2 N–H and O–H groups in total. The zero-order chi connectivity index (χ0) is 14.4. The van der Waals surface area contributed by atoms with E-state index in [0.717, 1.165) is 42.4 Å². The molecule has 0 bridgehead atoms. The van der Waals surface area contributed by atoms with Crippen LogP contribution in [0.1, 0.15) is 31.7 Å². The van der Waals surface area contributed by atoms with E-state index in [1.165, 1.54) is 0 Å². The monoisotopic (exact) mass is 265 g/mol.